The van der Waals surface area contributed by atoms with E-state index >= 15 is 0 Å². The Hall–Kier alpha value is -0.260. The van der Waals surface area contributed by atoms with E-state index in [4.69, 9.17) is 4.74 Å². The van der Waals surface area contributed by atoms with Gasteiger partial charge < -0.3 is 9.29 Å². The Labute approximate surface area is 87.6 Å². The lowest BCUT2D eigenvalue weighted by Crippen LogP contribution is -2.33. The smallest absolute Gasteiger partial charge is 0.323 e. The maximum atomic E-state index is 11.4. The zero-order valence-corrected chi connectivity index (χ0v) is 9.60. The molecule has 3 atom stereocenters. The third-order valence-corrected chi connectivity index (χ3v) is 3.49. The van der Waals surface area contributed by atoms with Gasteiger partial charge in [-0.1, -0.05) is 11.2 Å². The first-order chi connectivity index (χ1) is 6.50. The summed E-state index contributed by atoms with van der Waals surface area (Å²) >= 11 is -0.861. The van der Waals surface area contributed by atoms with E-state index in [2.05, 4.69) is 5.32 Å². The van der Waals surface area contributed by atoms with Crippen molar-refractivity contribution >= 4 is 17.1 Å². The second kappa shape index (κ2) is 5.00. The number of nitrogens with one attached hydrogen (secondary N) is 1. The highest BCUT2D eigenvalue weighted by Crippen LogP contribution is 2.15. The quantitative estimate of drug-likeness (QED) is 0.538. The summed E-state index contributed by atoms with van der Waals surface area (Å²) in [5.74, 6) is -0.229. The highest BCUT2D eigenvalue weighted by molar-refractivity contribution is 7.91. The monoisotopic (exact) mass is 219 g/mol. The molecule has 0 aromatic rings. The first kappa shape index (κ1) is 11.8. The minimum Gasteiger partial charge on any atom is -0.616 e. The number of ether oxygens (including phenoxy) is 1. The minimum absolute atomic E-state index is 0.0831. The van der Waals surface area contributed by atoms with Gasteiger partial charge in [0, 0.05) is 13.0 Å². The maximum absolute atomic E-state index is 11.4. The standard InChI is InChI=1S/C9H17NO3S/c1-6(2)13-9(11)8-4-7(5-10-8)14(3)12/h6-8,10H,4-5H2,1-3H3. The molecule has 0 aromatic heterocycles. The Morgan fingerprint density at radius 3 is 2.71 bits per heavy atom. The van der Waals surface area contributed by atoms with Gasteiger partial charge in [0.25, 0.3) is 0 Å². The predicted molar refractivity (Wildman–Crippen MR) is 55.5 cm³/mol. The van der Waals surface area contributed by atoms with Crippen LogP contribution < -0.4 is 5.32 Å². The van der Waals surface area contributed by atoms with Crippen LogP contribution in [0.4, 0.5) is 0 Å². The molecule has 0 aliphatic carbocycles. The Kier molecular flexibility index (Phi) is 4.22. The van der Waals surface area contributed by atoms with Crippen LogP contribution in [-0.2, 0) is 20.7 Å². The van der Waals surface area contributed by atoms with Crippen LogP contribution in [0.25, 0.3) is 0 Å². The van der Waals surface area contributed by atoms with Crippen molar-refractivity contribution in [2.45, 2.75) is 37.7 Å². The van der Waals surface area contributed by atoms with Crippen LogP contribution in [-0.4, -0.2) is 40.7 Å². The fourth-order valence-electron chi connectivity index (χ4n) is 1.45. The first-order valence-electron chi connectivity index (χ1n) is 4.76. The van der Waals surface area contributed by atoms with Crippen molar-refractivity contribution in [3.05, 3.63) is 0 Å². The summed E-state index contributed by atoms with van der Waals surface area (Å²) < 4.78 is 16.2. The van der Waals surface area contributed by atoms with Crippen molar-refractivity contribution in [1.29, 1.82) is 0 Å². The highest BCUT2D eigenvalue weighted by Gasteiger charge is 2.35. The van der Waals surface area contributed by atoms with Crippen LogP contribution in [0.3, 0.4) is 0 Å². The maximum Gasteiger partial charge on any atom is 0.323 e. The number of rotatable bonds is 3. The highest BCUT2D eigenvalue weighted by atomic mass is 32.2. The van der Waals surface area contributed by atoms with E-state index in [1.165, 1.54) is 0 Å². The van der Waals surface area contributed by atoms with E-state index in [9.17, 15) is 9.35 Å². The number of esters is 1. The Morgan fingerprint density at radius 1 is 1.64 bits per heavy atom. The van der Waals surface area contributed by atoms with Gasteiger partial charge in [-0.25, -0.2) is 0 Å². The molecule has 1 aliphatic rings. The van der Waals surface area contributed by atoms with E-state index in [1.54, 1.807) is 6.26 Å². The molecule has 1 rings (SSSR count). The average molecular weight is 219 g/mol. The van der Waals surface area contributed by atoms with Crippen LogP contribution in [0.5, 0.6) is 0 Å². The van der Waals surface area contributed by atoms with Gasteiger partial charge in [0.15, 0.2) is 0 Å². The van der Waals surface area contributed by atoms with Crippen molar-refractivity contribution in [2.75, 3.05) is 12.8 Å². The third kappa shape index (κ3) is 3.15. The van der Waals surface area contributed by atoms with Crippen molar-refractivity contribution in [3.8, 4) is 0 Å². The number of hydrogen-bond donors (Lipinski definition) is 1. The van der Waals surface area contributed by atoms with E-state index in [0.29, 0.717) is 13.0 Å². The van der Waals surface area contributed by atoms with E-state index in [0.717, 1.165) is 0 Å². The van der Waals surface area contributed by atoms with Gasteiger partial charge in [-0.2, -0.15) is 0 Å². The molecule has 0 bridgehead atoms. The van der Waals surface area contributed by atoms with Crippen molar-refractivity contribution in [2.24, 2.45) is 0 Å². The zero-order valence-electron chi connectivity index (χ0n) is 8.78. The second-order valence-corrected chi connectivity index (χ2v) is 5.47. The summed E-state index contributed by atoms with van der Waals surface area (Å²) in [6, 6.07) is -0.272. The molecule has 82 valence electrons. The number of carbonyl (C=O) groups is 1. The van der Waals surface area contributed by atoms with Crippen LogP contribution >= 0.6 is 0 Å². The topological polar surface area (TPSA) is 61.4 Å². The largest absolute Gasteiger partial charge is 0.616 e. The van der Waals surface area contributed by atoms with Gasteiger partial charge in [-0.3, -0.25) is 10.1 Å². The summed E-state index contributed by atoms with van der Waals surface area (Å²) in [6.07, 6.45) is 2.20. The molecule has 1 fully saturated rings. The van der Waals surface area contributed by atoms with Gasteiger partial charge in [-0.15, -0.1) is 0 Å². The fourth-order valence-corrected chi connectivity index (χ4v) is 2.24. The molecule has 0 spiro atoms. The lowest BCUT2D eigenvalue weighted by atomic mass is 10.2. The molecular formula is C9H17NO3S. The van der Waals surface area contributed by atoms with Crippen LogP contribution in [0.15, 0.2) is 0 Å². The lowest BCUT2D eigenvalue weighted by molar-refractivity contribution is -0.149. The Morgan fingerprint density at radius 2 is 2.29 bits per heavy atom. The number of hydrogen-bond acceptors (Lipinski definition) is 4. The predicted octanol–water partition coefficient (Wildman–Crippen LogP) is 0.0470. The molecule has 4 nitrogen and oxygen atoms in total. The van der Waals surface area contributed by atoms with Gasteiger partial charge >= 0.3 is 5.97 Å². The molecule has 0 radical (unpaired) electrons. The van der Waals surface area contributed by atoms with Crippen LogP contribution in [0.2, 0.25) is 0 Å². The fraction of sp³-hybridized carbons (Fsp3) is 0.889. The molecule has 0 amide bonds. The minimum atomic E-state index is -0.861. The zero-order chi connectivity index (χ0) is 10.7. The summed E-state index contributed by atoms with van der Waals surface area (Å²) in [7, 11) is 0. The van der Waals surface area contributed by atoms with Gasteiger partial charge in [-0.05, 0) is 13.8 Å². The molecule has 3 unspecified atom stereocenters. The van der Waals surface area contributed by atoms with E-state index in [-0.39, 0.29) is 23.4 Å². The molecule has 0 saturated carbocycles. The first-order valence-corrected chi connectivity index (χ1v) is 6.39. The van der Waals surface area contributed by atoms with Crippen molar-refractivity contribution in [3.63, 3.8) is 0 Å². The van der Waals surface area contributed by atoms with Gasteiger partial charge in [0.05, 0.1) is 12.4 Å². The molecule has 1 heterocycles. The second-order valence-electron chi connectivity index (χ2n) is 3.80. The summed E-state index contributed by atoms with van der Waals surface area (Å²) in [6.45, 7) is 4.28. The molecule has 1 N–H and O–H groups in total. The summed E-state index contributed by atoms with van der Waals surface area (Å²) in [5.41, 5.74) is 0. The van der Waals surface area contributed by atoms with Gasteiger partial charge in [0.2, 0.25) is 0 Å². The average Bonchev–Trinajstić information content (AvgIpc) is 2.50. The molecule has 1 saturated heterocycles. The van der Waals surface area contributed by atoms with Crippen molar-refractivity contribution < 1.29 is 14.1 Å². The van der Waals surface area contributed by atoms with Crippen LogP contribution in [0, 0.1) is 0 Å². The molecule has 5 heteroatoms. The normalized spacial score (nSPS) is 29.2. The lowest BCUT2D eigenvalue weighted by Gasteiger charge is -2.13. The Bertz CT molecular complexity index is 208. The SMILES string of the molecule is CC(C)OC(=O)C1CC([S+](C)[O-])CN1. The molecule has 14 heavy (non-hydrogen) atoms. The third-order valence-electron chi connectivity index (χ3n) is 2.20. The van der Waals surface area contributed by atoms with Crippen molar-refractivity contribution in [1.82, 2.24) is 5.32 Å². The summed E-state index contributed by atoms with van der Waals surface area (Å²) in [4.78, 5) is 11.4. The number of carbonyl (C=O) groups excluding carboxylic acids is 1. The molecular weight excluding hydrogens is 202 g/mol. The molecule has 1 aliphatic heterocycles. The Balaban J connectivity index is 2.38. The van der Waals surface area contributed by atoms with E-state index < -0.39 is 11.2 Å². The van der Waals surface area contributed by atoms with Crippen LogP contribution in [0.1, 0.15) is 20.3 Å². The van der Waals surface area contributed by atoms with Gasteiger partial charge in [0.1, 0.15) is 11.3 Å². The van der Waals surface area contributed by atoms with E-state index in [1.807, 2.05) is 13.8 Å². The molecule has 0 aromatic carbocycles. The summed E-state index contributed by atoms with van der Waals surface area (Å²) in [5, 5.41) is 3.11.